The highest BCUT2D eigenvalue weighted by Gasteiger charge is 2.38. The molecule has 1 aliphatic heterocycles. The standard InChI is InChI=1S/C30H31F2N7O2/c1-18-14-37(16-40)11-12-38(18)29(33-2)22-13-24(32)27(21-5-3-4-6-23(21)31)36-30(22)39(17-41)28-25(19-7-8-19)34-15-35-26(28)20-9-10-20/h3-6,13,15-20H,7-12,14H2,1-2H3. The minimum absolute atomic E-state index is 0.0132. The van der Waals surface area contributed by atoms with Crippen molar-refractivity contribution in [3.05, 3.63) is 65.2 Å². The maximum Gasteiger partial charge on any atom is 0.220 e. The zero-order valence-corrected chi connectivity index (χ0v) is 23.0. The lowest BCUT2D eigenvalue weighted by Crippen LogP contribution is -2.54. The van der Waals surface area contributed by atoms with Gasteiger partial charge in [-0.1, -0.05) is 12.1 Å². The van der Waals surface area contributed by atoms with Crippen molar-refractivity contribution >= 4 is 30.2 Å². The van der Waals surface area contributed by atoms with E-state index in [0.29, 0.717) is 37.6 Å². The second-order valence-corrected chi connectivity index (χ2v) is 10.9. The van der Waals surface area contributed by atoms with Crippen molar-refractivity contribution in [3.8, 4) is 11.3 Å². The first-order chi connectivity index (χ1) is 19.9. The molecule has 2 saturated carbocycles. The average molecular weight is 560 g/mol. The predicted octanol–water partition coefficient (Wildman–Crippen LogP) is 4.41. The number of pyridine rings is 1. The molecule has 1 saturated heterocycles. The Morgan fingerprint density at radius 3 is 2.27 bits per heavy atom. The van der Waals surface area contributed by atoms with Crippen LogP contribution in [-0.4, -0.2) is 76.1 Å². The third-order valence-electron chi connectivity index (χ3n) is 8.00. The summed E-state index contributed by atoms with van der Waals surface area (Å²) in [7, 11) is 1.60. The van der Waals surface area contributed by atoms with Gasteiger partial charge in [0.05, 0.1) is 22.6 Å². The Hall–Kier alpha value is -4.28. The highest BCUT2D eigenvalue weighted by molar-refractivity contribution is 6.06. The molecule has 3 aromatic rings. The minimum atomic E-state index is -0.742. The van der Waals surface area contributed by atoms with Crippen molar-refractivity contribution in [2.24, 2.45) is 4.99 Å². The SMILES string of the molecule is CN=C(c1cc(F)c(-c2ccccc2F)nc1N(C=O)c1c(C2CC2)ncnc1C1CC1)N1CCN(C=O)CC1C. The summed E-state index contributed by atoms with van der Waals surface area (Å²) in [5.74, 6) is -0.428. The molecule has 212 valence electrons. The highest BCUT2D eigenvalue weighted by atomic mass is 19.1. The quantitative estimate of drug-likeness (QED) is 0.231. The number of carbonyl (C=O) groups excluding carboxylic acids is 2. The molecule has 3 fully saturated rings. The third-order valence-corrected chi connectivity index (χ3v) is 8.00. The largest absolute Gasteiger partial charge is 0.350 e. The van der Waals surface area contributed by atoms with Gasteiger partial charge in [0.2, 0.25) is 12.8 Å². The van der Waals surface area contributed by atoms with E-state index in [0.717, 1.165) is 43.5 Å². The molecule has 3 aliphatic rings. The Labute approximate surface area is 236 Å². The van der Waals surface area contributed by atoms with Crippen LogP contribution in [0.4, 0.5) is 20.3 Å². The normalized spacial score (nSPS) is 19.3. The first-order valence-corrected chi connectivity index (χ1v) is 13.9. The second-order valence-electron chi connectivity index (χ2n) is 10.9. The van der Waals surface area contributed by atoms with Crippen LogP contribution in [0.15, 0.2) is 41.7 Å². The van der Waals surface area contributed by atoms with E-state index in [-0.39, 0.29) is 40.5 Å². The molecule has 0 radical (unpaired) electrons. The molecule has 1 aromatic carbocycles. The maximum atomic E-state index is 15.9. The number of piperazine rings is 1. The van der Waals surface area contributed by atoms with E-state index in [1.807, 2.05) is 11.8 Å². The van der Waals surface area contributed by atoms with E-state index >= 15 is 4.39 Å². The number of halogens is 2. The van der Waals surface area contributed by atoms with Gasteiger partial charge in [-0.05, 0) is 50.8 Å². The summed E-state index contributed by atoms with van der Waals surface area (Å²) < 4.78 is 30.8. The maximum absolute atomic E-state index is 15.9. The molecule has 11 heteroatoms. The summed E-state index contributed by atoms with van der Waals surface area (Å²) in [6, 6.07) is 6.98. The van der Waals surface area contributed by atoms with Crippen molar-refractivity contribution in [2.45, 2.75) is 50.5 Å². The lowest BCUT2D eigenvalue weighted by Gasteiger charge is -2.40. The lowest BCUT2D eigenvalue weighted by atomic mass is 10.0. The number of hydrogen-bond acceptors (Lipinski definition) is 6. The third kappa shape index (κ3) is 5.05. The van der Waals surface area contributed by atoms with Gasteiger partial charge in [0.1, 0.15) is 29.5 Å². The lowest BCUT2D eigenvalue weighted by molar-refractivity contribution is -0.120. The molecule has 0 spiro atoms. The predicted molar refractivity (Wildman–Crippen MR) is 150 cm³/mol. The molecular weight excluding hydrogens is 528 g/mol. The Morgan fingerprint density at radius 2 is 1.71 bits per heavy atom. The minimum Gasteiger partial charge on any atom is -0.350 e. The first-order valence-electron chi connectivity index (χ1n) is 13.9. The number of carbonyl (C=O) groups is 2. The number of anilines is 2. The van der Waals surface area contributed by atoms with Gasteiger partial charge in [0, 0.05) is 50.1 Å². The number of benzene rings is 1. The van der Waals surface area contributed by atoms with Gasteiger partial charge in [0.15, 0.2) is 5.82 Å². The van der Waals surface area contributed by atoms with Gasteiger partial charge in [-0.25, -0.2) is 23.7 Å². The van der Waals surface area contributed by atoms with Crippen molar-refractivity contribution in [1.29, 1.82) is 0 Å². The van der Waals surface area contributed by atoms with Gasteiger partial charge in [-0.15, -0.1) is 0 Å². The van der Waals surface area contributed by atoms with Gasteiger partial charge < -0.3 is 9.80 Å². The fraction of sp³-hybridized carbons (Fsp3) is 0.400. The number of amides is 2. The number of rotatable bonds is 8. The number of hydrogen-bond donors (Lipinski definition) is 0. The summed E-state index contributed by atoms with van der Waals surface area (Å²) in [6.07, 6.45) is 6.82. The van der Waals surface area contributed by atoms with E-state index < -0.39 is 11.6 Å². The smallest absolute Gasteiger partial charge is 0.220 e. The molecule has 3 heterocycles. The monoisotopic (exact) mass is 559 g/mol. The summed E-state index contributed by atoms with van der Waals surface area (Å²) in [4.78, 5) is 47.9. The number of aliphatic imine (C=N–C) groups is 1. The van der Waals surface area contributed by atoms with Crippen LogP contribution in [0.25, 0.3) is 11.3 Å². The van der Waals surface area contributed by atoms with Crippen LogP contribution >= 0.6 is 0 Å². The Morgan fingerprint density at radius 1 is 1.02 bits per heavy atom. The number of amidine groups is 1. The highest BCUT2D eigenvalue weighted by Crippen LogP contribution is 2.50. The molecule has 6 rings (SSSR count). The summed E-state index contributed by atoms with van der Waals surface area (Å²) >= 11 is 0. The van der Waals surface area contributed by atoms with Crippen LogP contribution in [0.3, 0.4) is 0 Å². The van der Waals surface area contributed by atoms with Crippen LogP contribution in [0, 0.1) is 11.6 Å². The number of nitrogens with zero attached hydrogens (tertiary/aromatic N) is 7. The van der Waals surface area contributed by atoms with E-state index in [1.54, 1.807) is 24.3 Å². The average Bonchev–Trinajstić information content (AvgIpc) is 3.90. The van der Waals surface area contributed by atoms with Crippen LogP contribution < -0.4 is 4.90 Å². The van der Waals surface area contributed by atoms with Crippen molar-refractivity contribution in [1.82, 2.24) is 24.8 Å². The zero-order valence-electron chi connectivity index (χ0n) is 23.0. The van der Waals surface area contributed by atoms with Crippen molar-refractivity contribution in [3.63, 3.8) is 0 Å². The van der Waals surface area contributed by atoms with Gasteiger partial charge in [-0.2, -0.15) is 0 Å². The Kier molecular flexibility index (Phi) is 7.19. The van der Waals surface area contributed by atoms with Crippen molar-refractivity contribution in [2.75, 3.05) is 31.6 Å². The summed E-state index contributed by atoms with van der Waals surface area (Å²) in [5, 5.41) is 0. The van der Waals surface area contributed by atoms with E-state index in [9.17, 15) is 14.0 Å². The van der Waals surface area contributed by atoms with E-state index in [1.165, 1.54) is 29.2 Å². The van der Waals surface area contributed by atoms with Crippen LogP contribution in [0.1, 0.15) is 61.4 Å². The van der Waals surface area contributed by atoms with Gasteiger partial charge >= 0.3 is 0 Å². The molecule has 1 unspecified atom stereocenters. The molecule has 2 aliphatic carbocycles. The Bertz CT molecular complexity index is 1490. The molecule has 0 N–H and O–H groups in total. The summed E-state index contributed by atoms with van der Waals surface area (Å²) in [6.45, 7) is 3.34. The van der Waals surface area contributed by atoms with E-state index in [2.05, 4.69) is 19.9 Å². The topological polar surface area (TPSA) is 94.9 Å². The summed E-state index contributed by atoms with van der Waals surface area (Å²) in [5.41, 5.74) is 2.17. The fourth-order valence-corrected chi connectivity index (χ4v) is 5.64. The molecule has 41 heavy (non-hydrogen) atoms. The molecule has 0 bridgehead atoms. The molecule has 9 nitrogen and oxygen atoms in total. The second kappa shape index (κ2) is 10.9. The molecular formula is C30H31F2N7O2. The first kappa shape index (κ1) is 26.9. The van der Waals surface area contributed by atoms with Gasteiger partial charge in [-0.3, -0.25) is 19.5 Å². The number of aromatic nitrogens is 3. The van der Waals surface area contributed by atoms with Crippen LogP contribution in [0.5, 0.6) is 0 Å². The van der Waals surface area contributed by atoms with Crippen molar-refractivity contribution < 1.29 is 18.4 Å². The van der Waals surface area contributed by atoms with Crippen LogP contribution in [-0.2, 0) is 9.59 Å². The van der Waals surface area contributed by atoms with Gasteiger partial charge in [0.25, 0.3) is 0 Å². The Balaban J connectivity index is 1.56. The molecule has 2 amide bonds. The van der Waals surface area contributed by atoms with Crippen LogP contribution in [0.2, 0.25) is 0 Å². The fourth-order valence-electron chi connectivity index (χ4n) is 5.64. The zero-order chi connectivity index (χ0) is 28.7. The molecule has 1 atom stereocenters. The molecule has 2 aromatic heterocycles. The van der Waals surface area contributed by atoms with E-state index in [4.69, 9.17) is 0 Å².